The average molecular weight is 261 g/mol. The van der Waals surface area contributed by atoms with Crippen molar-refractivity contribution in [1.29, 1.82) is 0 Å². The van der Waals surface area contributed by atoms with Crippen LogP contribution in [0.3, 0.4) is 0 Å². The lowest BCUT2D eigenvalue weighted by Gasteiger charge is -2.05. The maximum atomic E-state index is 5.69. The number of nitrogens with two attached hydrogens (primary N) is 1. The molecule has 100 valence electrons. The third kappa shape index (κ3) is 3.52. The average Bonchev–Trinajstić information content (AvgIpc) is 2.50. The molecule has 0 spiro atoms. The number of allylic oxidation sites excluding steroid dienone is 2. The molecule has 2 aromatic rings. The summed E-state index contributed by atoms with van der Waals surface area (Å²) in [6.07, 6.45) is 1.00. The van der Waals surface area contributed by atoms with Gasteiger partial charge in [-0.25, -0.2) is 0 Å². The molecular weight excluding hydrogens is 242 g/mol. The molecule has 1 heteroatoms. The number of hydrogen-bond donors (Lipinski definition) is 1. The largest absolute Gasteiger partial charge is 0.399 e. The van der Waals surface area contributed by atoms with Gasteiger partial charge in [-0.2, -0.15) is 0 Å². The van der Waals surface area contributed by atoms with Crippen molar-refractivity contribution in [2.75, 3.05) is 5.73 Å². The summed E-state index contributed by atoms with van der Waals surface area (Å²) in [7, 11) is 0. The highest BCUT2D eigenvalue weighted by Gasteiger charge is 2.01. The summed E-state index contributed by atoms with van der Waals surface area (Å²) in [6, 6.07) is 18.0. The fourth-order valence-electron chi connectivity index (χ4n) is 1.91. The third-order valence-corrected chi connectivity index (χ3v) is 3.26. The van der Waals surface area contributed by atoms with Crippen LogP contribution in [0.5, 0.6) is 0 Å². The van der Waals surface area contributed by atoms with E-state index in [0.717, 1.165) is 23.2 Å². The second-order valence-corrected chi connectivity index (χ2v) is 4.75. The molecule has 0 radical (unpaired) electrons. The van der Waals surface area contributed by atoms with Gasteiger partial charge in [-0.15, -0.1) is 0 Å². The Labute approximate surface area is 121 Å². The molecule has 0 aromatic heterocycles. The van der Waals surface area contributed by atoms with E-state index >= 15 is 0 Å². The molecule has 0 aliphatic rings. The fraction of sp³-hybridized carbons (Fsp3) is 0.158. The Balaban J connectivity index is 2.39. The smallest absolute Gasteiger partial charge is 0.0314 e. The van der Waals surface area contributed by atoms with Gasteiger partial charge < -0.3 is 5.73 Å². The van der Waals surface area contributed by atoms with E-state index in [4.69, 9.17) is 5.73 Å². The molecular formula is C19H19N. The van der Waals surface area contributed by atoms with Crippen LogP contribution in [-0.2, 0) is 0 Å². The Morgan fingerprint density at radius 3 is 2.25 bits per heavy atom. The summed E-state index contributed by atoms with van der Waals surface area (Å²) >= 11 is 0. The fourth-order valence-corrected chi connectivity index (χ4v) is 1.91. The zero-order valence-corrected chi connectivity index (χ0v) is 12.0. The Bertz CT molecular complexity index is 652. The lowest BCUT2D eigenvalue weighted by molar-refractivity contribution is 1.11. The van der Waals surface area contributed by atoms with E-state index in [2.05, 4.69) is 37.8 Å². The van der Waals surface area contributed by atoms with Gasteiger partial charge in [0, 0.05) is 16.8 Å². The zero-order chi connectivity index (χ0) is 14.4. The number of nitrogen functional groups attached to an aromatic ring is 1. The predicted octanol–water partition coefficient (Wildman–Crippen LogP) is 4.50. The highest BCUT2D eigenvalue weighted by molar-refractivity contribution is 5.81. The number of rotatable bonds is 2. The Morgan fingerprint density at radius 2 is 1.65 bits per heavy atom. The Hall–Kier alpha value is -2.46. The minimum Gasteiger partial charge on any atom is -0.399 e. The summed E-state index contributed by atoms with van der Waals surface area (Å²) in [5.41, 5.74) is 11.0. The van der Waals surface area contributed by atoms with Gasteiger partial charge in [0.1, 0.15) is 0 Å². The predicted molar refractivity (Wildman–Crippen MR) is 87.1 cm³/mol. The van der Waals surface area contributed by atoms with Gasteiger partial charge in [-0.05, 0) is 43.2 Å². The molecule has 0 aliphatic heterocycles. The maximum Gasteiger partial charge on any atom is 0.0314 e. The Morgan fingerprint density at radius 1 is 1.00 bits per heavy atom. The van der Waals surface area contributed by atoms with Crippen LogP contribution >= 0.6 is 0 Å². The van der Waals surface area contributed by atoms with Gasteiger partial charge in [0.25, 0.3) is 0 Å². The molecule has 0 saturated carbocycles. The summed E-state index contributed by atoms with van der Waals surface area (Å²) in [5, 5.41) is 0. The first-order chi connectivity index (χ1) is 9.70. The standard InChI is InChI=1S/C19H19N/c1-3-15(2)19(17-7-5-4-6-8-17)14-11-16-9-12-18(20)13-10-16/h4-10,12-13H,3,20H2,1-2H3/b19-15+. The monoisotopic (exact) mass is 261 g/mol. The maximum absolute atomic E-state index is 5.69. The summed E-state index contributed by atoms with van der Waals surface area (Å²) < 4.78 is 0. The first kappa shape index (κ1) is 14.0. The van der Waals surface area contributed by atoms with Crippen LogP contribution < -0.4 is 5.73 Å². The van der Waals surface area contributed by atoms with Crippen molar-refractivity contribution >= 4 is 11.3 Å². The molecule has 2 N–H and O–H groups in total. The van der Waals surface area contributed by atoms with Crippen molar-refractivity contribution in [2.24, 2.45) is 0 Å². The van der Waals surface area contributed by atoms with Crippen molar-refractivity contribution in [3.63, 3.8) is 0 Å². The molecule has 1 nitrogen and oxygen atoms in total. The molecule has 2 rings (SSSR count). The molecule has 0 saturated heterocycles. The van der Waals surface area contributed by atoms with E-state index in [9.17, 15) is 0 Å². The van der Waals surface area contributed by atoms with E-state index in [1.807, 2.05) is 42.5 Å². The first-order valence-corrected chi connectivity index (χ1v) is 6.83. The molecule has 0 unspecified atom stereocenters. The number of hydrogen-bond acceptors (Lipinski definition) is 1. The van der Waals surface area contributed by atoms with E-state index in [0.29, 0.717) is 0 Å². The molecule has 0 aliphatic carbocycles. The molecule has 2 aromatic carbocycles. The molecule has 0 atom stereocenters. The highest BCUT2D eigenvalue weighted by Crippen LogP contribution is 2.20. The highest BCUT2D eigenvalue weighted by atomic mass is 14.5. The van der Waals surface area contributed by atoms with Crippen molar-refractivity contribution in [3.05, 3.63) is 71.3 Å². The van der Waals surface area contributed by atoms with E-state index in [1.165, 1.54) is 11.1 Å². The number of benzene rings is 2. The van der Waals surface area contributed by atoms with Crippen molar-refractivity contribution in [2.45, 2.75) is 20.3 Å². The Kier molecular flexibility index (Phi) is 4.63. The third-order valence-electron chi connectivity index (χ3n) is 3.26. The van der Waals surface area contributed by atoms with E-state index < -0.39 is 0 Å². The van der Waals surface area contributed by atoms with Crippen molar-refractivity contribution in [3.8, 4) is 11.8 Å². The van der Waals surface area contributed by atoms with Crippen molar-refractivity contribution < 1.29 is 0 Å². The molecule has 0 heterocycles. The van der Waals surface area contributed by atoms with Crippen LogP contribution in [0.15, 0.2) is 60.2 Å². The summed E-state index contributed by atoms with van der Waals surface area (Å²) in [4.78, 5) is 0. The number of anilines is 1. The summed E-state index contributed by atoms with van der Waals surface area (Å²) in [5.74, 6) is 6.53. The van der Waals surface area contributed by atoms with Crippen molar-refractivity contribution in [1.82, 2.24) is 0 Å². The lowest BCUT2D eigenvalue weighted by atomic mass is 9.99. The second kappa shape index (κ2) is 6.63. The topological polar surface area (TPSA) is 26.0 Å². The molecule has 20 heavy (non-hydrogen) atoms. The van der Waals surface area contributed by atoms with Gasteiger partial charge in [-0.3, -0.25) is 0 Å². The van der Waals surface area contributed by atoms with E-state index in [-0.39, 0.29) is 0 Å². The SMILES string of the molecule is CC/C(C)=C(\C#Cc1ccc(N)cc1)c1ccccc1. The zero-order valence-electron chi connectivity index (χ0n) is 12.0. The van der Waals surface area contributed by atoms with Crippen LogP contribution in [0, 0.1) is 11.8 Å². The first-order valence-electron chi connectivity index (χ1n) is 6.83. The second-order valence-electron chi connectivity index (χ2n) is 4.75. The van der Waals surface area contributed by atoms with Crippen LogP contribution in [0.1, 0.15) is 31.4 Å². The summed E-state index contributed by atoms with van der Waals surface area (Å²) in [6.45, 7) is 4.29. The molecule has 0 bridgehead atoms. The lowest BCUT2D eigenvalue weighted by Crippen LogP contribution is -1.87. The minimum absolute atomic E-state index is 0.763. The van der Waals surface area contributed by atoms with Gasteiger partial charge in [0.15, 0.2) is 0 Å². The molecule has 0 fully saturated rings. The van der Waals surface area contributed by atoms with Crippen LogP contribution in [0.2, 0.25) is 0 Å². The molecule has 0 amide bonds. The van der Waals surface area contributed by atoms with Gasteiger partial charge >= 0.3 is 0 Å². The van der Waals surface area contributed by atoms with Crippen LogP contribution in [0.4, 0.5) is 5.69 Å². The van der Waals surface area contributed by atoms with E-state index in [1.54, 1.807) is 0 Å². The quantitative estimate of drug-likeness (QED) is 0.625. The normalized spacial score (nSPS) is 11.3. The van der Waals surface area contributed by atoms with Gasteiger partial charge in [0.2, 0.25) is 0 Å². The minimum atomic E-state index is 0.763. The van der Waals surface area contributed by atoms with Gasteiger partial charge in [-0.1, -0.05) is 54.7 Å². The van der Waals surface area contributed by atoms with Gasteiger partial charge in [0.05, 0.1) is 0 Å². The van der Waals surface area contributed by atoms with Crippen LogP contribution in [0.25, 0.3) is 5.57 Å². The van der Waals surface area contributed by atoms with Crippen LogP contribution in [-0.4, -0.2) is 0 Å².